The van der Waals surface area contributed by atoms with Gasteiger partial charge in [-0.3, -0.25) is 0 Å². The number of likely N-dealkylation sites (N-methyl/N-ethyl adjacent to an activating group) is 1. The van der Waals surface area contributed by atoms with E-state index >= 15 is 0 Å². The quantitative estimate of drug-likeness (QED) is 0.900. The molecule has 0 amide bonds. The highest BCUT2D eigenvalue weighted by Crippen LogP contribution is 2.39. The monoisotopic (exact) mass is 337 g/mol. The number of hydrogen-bond acceptors (Lipinski definition) is 4. The van der Waals surface area contributed by atoms with E-state index in [1.54, 1.807) is 0 Å². The van der Waals surface area contributed by atoms with Gasteiger partial charge in [-0.05, 0) is 47.6 Å². The number of ether oxygens (including phenoxy) is 2. The van der Waals surface area contributed by atoms with Crippen molar-refractivity contribution >= 4 is 15.9 Å². The number of nitrogens with zero attached hydrogens (tertiary/aromatic N) is 1. The molecule has 6 heteroatoms. The highest BCUT2D eigenvalue weighted by molar-refractivity contribution is 9.10. The Morgan fingerprint density at radius 2 is 2.10 bits per heavy atom. The third-order valence-electron chi connectivity index (χ3n) is 3.30. The zero-order valence-electron chi connectivity index (χ0n) is 11.4. The van der Waals surface area contributed by atoms with Gasteiger partial charge in [0.2, 0.25) is 6.79 Å². The van der Waals surface area contributed by atoms with Gasteiger partial charge in [-0.2, -0.15) is 0 Å². The van der Waals surface area contributed by atoms with E-state index in [0.717, 1.165) is 51.7 Å². The molecule has 2 heterocycles. The molecule has 1 aliphatic heterocycles. The molecule has 1 aromatic heterocycles. The van der Waals surface area contributed by atoms with Crippen molar-refractivity contribution in [1.29, 1.82) is 0 Å². The Labute approximate surface area is 125 Å². The van der Waals surface area contributed by atoms with Crippen LogP contribution in [0.15, 0.2) is 16.7 Å². The van der Waals surface area contributed by atoms with Gasteiger partial charge in [-0.25, -0.2) is 4.98 Å². The number of hydrogen-bond donors (Lipinski definition) is 2. The first-order valence-electron chi connectivity index (χ1n) is 6.48. The summed E-state index contributed by atoms with van der Waals surface area (Å²) < 4.78 is 11.7. The molecule has 0 bridgehead atoms. The lowest BCUT2D eigenvalue weighted by atomic mass is 10.1. The molecule has 2 N–H and O–H groups in total. The van der Waals surface area contributed by atoms with Crippen LogP contribution < -0.4 is 14.8 Å². The molecular weight excluding hydrogens is 322 g/mol. The average molecular weight is 338 g/mol. The summed E-state index contributed by atoms with van der Waals surface area (Å²) in [5, 5.41) is 3.12. The zero-order chi connectivity index (χ0) is 14.1. The van der Waals surface area contributed by atoms with Crippen LogP contribution in [-0.4, -0.2) is 30.4 Å². The predicted octanol–water partition coefficient (Wildman–Crippen LogP) is 2.64. The third-order valence-corrected chi connectivity index (χ3v) is 3.87. The molecule has 0 unspecified atom stereocenters. The van der Waals surface area contributed by atoms with Crippen LogP contribution in [0.5, 0.6) is 11.5 Å². The Bertz CT molecular complexity index is 640. The van der Waals surface area contributed by atoms with Crippen LogP contribution in [0.4, 0.5) is 0 Å². The molecule has 0 saturated heterocycles. The van der Waals surface area contributed by atoms with Gasteiger partial charge < -0.3 is 19.8 Å². The van der Waals surface area contributed by atoms with Crippen LogP contribution >= 0.6 is 15.9 Å². The molecule has 0 atom stereocenters. The molecule has 1 aliphatic rings. The van der Waals surface area contributed by atoms with E-state index in [1.807, 2.05) is 26.1 Å². The van der Waals surface area contributed by atoms with Gasteiger partial charge in [0.15, 0.2) is 11.5 Å². The second-order valence-corrected chi connectivity index (χ2v) is 5.51. The van der Waals surface area contributed by atoms with Crippen LogP contribution in [0, 0.1) is 6.92 Å². The Hall–Kier alpha value is -1.53. The topological polar surface area (TPSA) is 59.2 Å². The Morgan fingerprint density at radius 3 is 2.85 bits per heavy atom. The molecule has 20 heavy (non-hydrogen) atoms. The molecular formula is C14H16BrN3O2. The number of fused-ring (bicyclic) bond motifs is 1. The van der Waals surface area contributed by atoms with Crippen molar-refractivity contribution in [2.75, 3.05) is 20.4 Å². The van der Waals surface area contributed by atoms with Crippen LogP contribution in [0.25, 0.3) is 11.3 Å². The largest absolute Gasteiger partial charge is 0.454 e. The molecule has 1 aromatic carbocycles. The number of imidazole rings is 1. The molecule has 0 spiro atoms. The Balaban J connectivity index is 1.98. The predicted molar refractivity (Wildman–Crippen MR) is 80.2 cm³/mol. The van der Waals surface area contributed by atoms with Crippen molar-refractivity contribution in [2.45, 2.75) is 13.3 Å². The fourth-order valence-corrected chi connectivity index (χ4v) is 2.77. The van der Waals surface area contributed by atoms with Crippen molar-refractivity contribution in [2.24, 2.45) is 0 Å². The lowest BCUT2D eigenvalue weighted by Crippen LogP contribution is -2.11. The minimum Gasteiger partial charge on any atom is -0.454 e. The van der Waals surface area contributed by atoms with Crippen LogP contribution in [0.3, 0.4) is 0 Å². The first kappa shape index (κ1) is 13.5. The van der Waals surface area contributed by atoms with Gasteiger partial charge in [0.05, 0.1) is 0 Å². The lowest BCUT2D eigenvalue weighted by Gasteiger charge is -2.05. The maximum Gasteiger partial charge on any atom is 0.231 e. The number of aromatic nitrogens is 2. The summed E-state index contributed by atoms with van der Waals surface area (Å²) in [6, 6.07) is 3.98. The van der Waals surface area contributed by atoms with Crippen molar-refractivity contribution in [3.8, 4) is 22.8 Å². The van der Waals surface area contributed by atoms with Gasteiger partial charge in [0.1, 0.15) is 16.1 Å². The third kappa shape index (κ3) is 2.41. The van der Waals surface area contributed by atoms with Gasteiger partial charge in [-0.15, -0.1) is 0 Å². The highest BCUT2D eigenvalue weighted by Gasteiger charge is 2.19. The molecule has 0 radical (unpaired) electrons. The molecule has 0 saturated carbocycles. The van der Waals surface area contributed by atoms with Gasteiger partial charge in [0.25, 0.3) is 0 Å². The van der Waals surface area contributed by atoms with Crippen molar-refractivity contribution in [1.82, 2.24) is 15.3 Å². The fraction of sp³-hybridized carbons (Fsp3) is 0.357. The molecule has 0 fully saturated rings. The number of rotatable bonds is 4. The highest BCUT2D eigenvalue weighted by atomic mass is 79.9. The zero-order valence-corrected chi connectivity index (χ0v) is 13.0. The van der Waals surface area contributed by atoms with Crippen molar-refractivity contribution in [3.63, 3.8) is 0 Å². The summed E-state index contributed by atoms with van der Waals surface area (Å²) in [6.45, 7) is 3.22. The van der Waals surface area contributed by atoms with E-state index in [2.05, 4.69) is 31.2 Å². The molecule has 5 nitrogen and oxygen atoms in total. The van der Waals surface area contributed by atoms with Crippen LogP contribution in [0.1, 0.15) is 11.4 Å². The Morgan fingerprint density at radius 1 is 1.35 bits per heavy atom. The minimum absolute atomic E-state index is 0.285. The molecule has 3 rings (SSSR count). The molecule has 0 aliphatic carbocycles. The average Bonchev–Trinajstić information content (AvgIpc) is 3.01. The summed E-state index contributed by atoms with van der Waals surface area (Å²) in [4.78, 5) is 7.93. The van der Waals surface area contributed by atoms with Crippen LogP contribution in [-0.2, 0) is 6.42 Å². The standard InChI is InChI=1S/C14H16BrN3O2/c1-8-5-10-11(20-7-19-10)6-9(8)13-14(15)18-12(17-13)3-4-16-2/h5-6,16H,3-4,7H2,1-2H3,(H,17,18). The normalized spacial score (nSPS) is 12.9. The summed E-state index contributed by atoms with van der Waals surface area (Å²) in [5.74, 6) is 2.53. The first-order chi connectivity index (χ1) is 9.69. The number of halogens is 1. The smallest absolute Gasteiger partial charge is 0.231 e. The van der Waals surface area contributed by atoms with Crippen molar-refractivity contribution in [3.05, 3.63) is 28.1 Å². The minimum atomic E-state index is 0.285. The number of benzene rings is 1. The number of H-pyrrole nitrogens is 1. The van der Waals surface area contributed by atoms with Crippen molar-refractivity contribution < 1.29 is 9.47 Å². The van der Waals surface area contributed by atoms with Gasteiger partial charge >= 0.3 is 0 Å². The van der Waals surface area contributed by atoms with Crippen LogP contribution in [0.2, 0.25) is 0 Å². The fourth-order valence-electron chi connectivity index (χ4n) is 2.24. The van der Waals surface area contributed by atoms with E-state index in [4.69, 9.17) is 9.47 Å². The molecule has 2 aromatic rings. The first-order valence-corrected chi connectivity index (χ1v) is 7.28. The maximum atomic E-state index is 5.44. The SMILES string of the molecule is CNCCc1nc(-c2cc3c(cc2C)OCO3)c(Br)[nH]1. The summed E-state index contributed by atoms with van der Waals surface area (Å²) in [6.07, 6.45) is 0.860. The van der Waals surface area contributed by atoms with E-state index in [1.165, 1.54) is 0 Å². The Kier molecular flexibility index (Phi) is 3.67. The van der Waals surface area contributed by atoms with E-state index in [9.17, 15) is 0 Å². The number of nitrogens with one attached hydrogen (secondary N) is 2. The molecule has 106 valence electrons. The second-order valence-electron chi connectivity index (χ2n) is 4.72. The maximum absolute atomic E-state index is 5.44. The lowest BCUT2D eigenvalue weighted by molar-refractivity contribution is 0.174. The van der Waals surface area contributed by atoms with E-state index in [-0.39, 0.29) is 6.79 Å². The summed E-state index contributed by atoms with van der Waals surface area (Å²) >= 11 is 3.55. The van der Waals surface area contributed by atoms with E-state index < -0.39 is 0 Å². The van der Waals surface area contributed by atoms with E-state index in [0.29, 0.717) is 0 Å². The summed E-state index contributed by atoms with van der Waals surface area (Å²) in [5.41, 5.74) is 3.07. The second kappa shape index (κ2) is 5.46. The van der Waals surface area contributed by atoms with Gasteiger partial charge in [0, 0.05) is 18.5 Å². The summed E-state index contributed by atoms with van der Waals surface area (Å²) in [7, 11) is 1.93. The number of aromatic amines is 1. The number of aryl methyl sites for hydroxylation is 1. The van der Waals surface area contributed by atoms with Gasteiger partial charge in [-0.1, -0.05) is 0 Å².